The van der Waals surface area contributed by atoms with Crippen LogP contribution in [0.5, 0.6) is 0 Å². The van der Waals surface area contributed by atoms with E-state index in [1.165, 1.54) is 29.2 Å². The van der Waals surface area contributed by atoms with E-state index < -0.39 is 0 Å². The Labute approximate surface area is 108 Å². The molecule has 1 saturated carbocycles. The Morgan fingerprint density at radius 1 is 1.06 bits per heavy atom. The van der Waals surface area contributed by atoms with E-state index in [4.69, 9.17) is 0 Å². The van der Waals surface area contributed by atoms with E-state index in [1.807, 2.05) is 12.4 Å². The van der Waals surface area contributed by atoms with Crippen molar-refractivity contribution < 1.29 is 5.11 Å². The quantitative estimate of drug-likeness (QED) is 0.773. The van der Waals surface area contributed by atoms with Crippen molar-refractivity contribution in [2.24, 2.45) is 0 Å². The molecule has 0 amide bonds. The highest BCUT2D eigenvalue weighted by atomic mass is 16.3. The monoisotopic (exact) mass is 241 g/mol. The second kappa shape index (κ2) is 5.07. The number of hydrogen-bond donors (Lipinski definition) is 1. The molecular weight excluding hydrogens is 222 g/mol. The Kier molecular flexibility index (Phi) is 3.28. The molecule has 18 heavy (non-hydrogen) atoms. The molecule has 1 aliphatic rings. The Hall–Kier alpha value is -1.41. The second-order valence-electron chi connectivity index (χ2n) is 5.26. The van der Waals surface area contributed by atoms with Crippen LogP contribution in [0.4, 0.5) is 0 Å². The van der Waals surface area contributed by atoms with Gasteiger partial charge in [-0.25, -0.2) is 0 Å². The molecule has 2 aromatic rings. The molecule has 0 spiro atoms. The molecule has 2 unspecified atom stereocenters. The molecule has 1 aromatic heterocycles. The first kappa shape index (κ1) is 11.7. The van der Waals surface area contributed by atoms with Crippen LogP contribution in [-0.2, 0) is 0 Å². The maximum Gasteiger partial charge on any atom is 0.0608 e. The average molecular weight is 241 g/mol. The summed E-state index contributed by atoms with van der Waals surface area (Å²) in [6, 6.07) is 8.41. The zero-order valence-electron chi connectivity index (χ0n) is 10.5. The van der Waals surface area contributed by atoms with E-state index in [0.717, 1.165) is 19.3 Å². The number of pyridine rings is 1. The van der Waals surface area contributed by atoms with Crippen molar-refractivity contribution in [1.29, 1.82) is 0 Å². The van der Waals surface area contributed by atoms with Crippen LogP contribution in [-0.4, -0.2) is 16.2 Å². The highest BCUT2D eigenvalue weighted by Gasteiger charge is 2.24. The van der Waals surface area contributed by atoms with Gasteiger partial charge in [-0.05, 0) is 29.9 Å². The SMILES string of the molecule is OC1CCCCCC1c1cccc2cnccc12. The lowest BCUT2D eigenvalue weighted by atomic mass is 9.87. The fraction of sp³-hybridized carbons (Fsp3) is 0.438. The number of aliphatic hydroxyl groups excluding tert-OH is 1. The molecule has 1 aliphatic carbocycles. The average Bonchev–Trinajstić information content (AvgIpc) is 2.63. The predicted octanol–water partition coefficient (Wildman–Crippen LogP) is 3.64. The van der Waals surface area contributed by atoms with Crippen molar-refractivity contribution in [3.8, 4) is 0 Å². The van der Waals surface area contributed by atoms with E-state index in [-0.39, 0.29) is 6.10 Å². The fourth-order valence-corrected chi connectivity index (χ4v) is 3.12. The molecule has 2 heteroatoms. The summed E-state index contributed by atoms with van der Waals surface area (Å²) in [5.74, 6) is 0.290. The minimum absolute atomic E-state index is 0.189. The third-order valence-corrected chi connectivity index (χ3v) is 4.09. The maximum absolute atomic E-state index is 10.3. The Morgan fingerprint density at radius 3 is 2.89 bits per heavy atom. The van der Waals surface area contributed by atoms with Crippen molar-refractivity contribution in [3.63, 3.8) is 0 Å². The van der Waals surface area contributed by atoms with E-state index in [0.29, 0.717) is 5.92 Å². The van der Waals surface area contributed by atoms with Gasteiger partial charge >= 0.3 is 0 Å². The van der Waals surface area contributed by atoms with Gasteiger partial charge in [-0.1, -0.05) is 37.5 Å². The first-order chi connectivity index (χ1) is 8.86. The number of fused-ring (bicyclic) bond motifs is 1. The number of aliphatic hydroxyl groups is 1. The molecule has 0 radical (unpaired) electrons. The van der Waals surface area contributed by atoms with Gasteiger partial charge in [-0.15, -0.1) is 0 Å². The van der Waals surface area contributed by atoms with Gasteiger partial charge in [0.05, 0.1) is 6.10 Å². The molecule has 94 valence electrons. The van der Waals surface area contributed by atoms with Crippen molar-refractivity contribution in [1.82, 2.24) is 4.98 Å². The van der Waals surface area contributed by atoms with E-state index >= 15 is 0 Å². The van der Waals surface area contributed by atoms with E-state index in [2.05, 4.69) is 29.2 Å². The molecule has 2 nitrogen and oxygen atoms in total. The molecule has 1 fully saturated rings. The van der Waals surface area contributed by atoms with E-state index in [9.17, 15) is 5.11 Å². The van der Waals surface area contributed by atoms with Gasteiger partial charge in [0.1, 0.15) is 0 Å². The zero-order valence-corrected chi connectivity index (χ0v) is 10.5. The van der Waals surface area contributed by atoms with Gasteiger partial charge in [-0.2, -0.15) is 0 Å². The number of nitrogens with zero attached hydrogens (tertiary/aromatic N) is 1. The molecule has 1 aromatic carbocycles. The summed E-state index contributed by atoms with van der Waals surface area (Å²) in [5, 5.41) is 12.8. The fourth-order valence-electron chi connectivity index (χ4n) is 3.12. The largest absolute Gasteiger partial charge is 0.392 e. The molecule has 3 rings (SSSR count). The number of aromatic nitrogens is 1. The Morgan fingerprint density at radius 2 is 1.94 bits per heavy atom. The van der Waals surface area contributed by atoms with Crippen LogP contribution in [0.1, 0.15) is 43.6 Å². The van der Waals surface area contributed by atoms with Gasteiger partial charge < -0.3 is 5.11 Å². The summed E-state index contributed by atoms with van der Waals surface area (Å²) in [5.41, 5.74) is 1.30. The van der Waals surface area contributed by atoms with Gasteiger partial charge in [0, 0.05) is 23.7 Å². The lowest BCUT2D eigenvalue weighted by molar-refractivity contribution is 0.136. The third-order valence-electron chi connectivity index (χ3n) is 4.09. The van der Waals surface area contributed by atoms with Crippen molar-refractivity contribution in [2.75, 3.05) is 0 Å². The van der Waals surface area contributed by atoms with Crippen LogP contribution < -0.4 is 0 Å². The molecule has 0 bridgehead atoms. The highest BCUT2D eigenvalue weighted by molar-refractivity contribution is 5.85. The Bertz CT molecular complexity index is 532. The van der Waals surface area contributed by atoms with Crippen LogP contribution in [0.25, 0.3) is 10.8 Å². The molecular formula is C16H19NO. The van der Waals surface area contributed by atoms with Gasteiger partial charge in [0.25, 0.3) is 0 Å². The van der Waals surface area contributed by atoms with Gasteiger partial charge in [0.15, 0.2) is 0 Å². The summed E-state index contributed by atoms with van der Waals surface area (Å²) < 4.78 is 0. The Balaban J connectivity index is 2.07. The van der Waals surface area contributed by atoms with Crippen molar-refractivity contribution >= 4 is 10.8 Å². The zero-order chi connectivity index (χ0) is 12.4. The minimum Gasteiger partial charge on any atom is -0.392 e. The van der Waals surface area contributed by atoms with E-state index in [1.54, 1.807) is 0 Å². The summed E-state index contributed by atoms with van der Waals surface area (Å²) in [7, 11) is 0. The highest BCUT2D eigenvalue weighted by Crippen LogP contribution is 2.35. The summed E-state index contributed by atoms with van der Waals surface area (Å²) in [4.78, 5) is 4.17. The topological polar surface area (TPSA) is 33.1 Å². The second-order valence-corrected chi connectivity index (χ2v) is 5.26. The van der Waals surface area contributed by atoms with Crippen LogP contribution in [0.15, 0.2) is 36.7 Å². The standard InChI is InChI=1S/C16H19NO/c18-16-8-3-1-2-6-15(16)14-7-4-5-12-11-17-10-9-13(12)14/h4-5,7,9-11,15-16,18H,1-3,6,8H2. The molecule has 1 heterocycles. The van der Waals surface area contributed by atoms with Crippen LogP contribution in [0, 0.1) is 0 Å². The smallest absolute Gasteiger partial charge is 0.0608 e. The first-order valence-electron chi connectivity index (χ1n) is 6.87. The molecule has 0 aliphatic heterocycles. The number of rotatable bonds is 1. The first-order valence-corrected chi connectivity index (χ1v) is 6.87. The summed E-state index contributed by atoms with van der Waals surface area (Å²) >= 11 is 0. The number of benzene rings is 1. The van der Waals surface area contributed by atoms with Crippen LogP contribution in [0.3, 0.4) is 0 Å². The molecule has 1 N–H and O–H groups in total. The number of hydrogen-bond acceptors (Lipinski definition) is 2. The van der Waals surface area contributed by atoms with Crippen molar-refractivity contribution in [3.05, 3.63) is 42.2 Å². The summed E-state index contributed by atoms with van der Waals surface area (Å²) in [6.07, 6.45) is 9.23. The maximum atomic E-state index is 10.3. The van der Waals surface area contributed by atoms with Gasteiger partial charge in [-0.3, -0.25) is 4.98 Å². The van der Waals surface area contributed by atoms with Gasteiger partial charge in [0.2, 0.25) is 0 Å². The van der Waals surface area contributed by atoms with Crippen LogP contribution in [0.2, 0.25) is 0 Å². The summed E-state index contributed by atoms with van der Waals surface area (Å²) in [6.45, 7) is 0. The normalized spacial score (nSPS) is 24.9. The predicted molar refractivity (Wildman–Crippen MR) is 73.6 cm³/mol. The molecule has 0 saturated heterocycles. The van der Waals surface area contributed by atoms with Crippen molar-refractivity contribution in [2.45, 2.75) is 44.1 Å². The lowest BCUT2D eigenvalue weighted by Gasteiger charge is -2.22. The minimum atomic E-state index is -0.189. The molecule has 2 atom stereocenters. The lowest BCUT2D eigenvalue weighted by Crippen LogP contribution is -2.17. The third kappa shape index (κ3) is 2.13. The van der Waals surface area contributed by atoms with Crippen LogP contribution >= 0.6 is 0 Å².